The number of hydrogen-bond donors (Lipinski definition) is 1. The lowest BCUT2D eigenvalue weighted by atomic mass is 9.85. The topological polar surface area (TPSA) is 95.2 Å². The fraction of sp³-hybridized carbons (Fsp3) is 0.556. The average molecular weight is 471 g/mol. The van der Waals surface area contributed by atoms with Crippen molar-refractivity contribution in [3.63, 3.8) is 0 Å². The highest BCUT2D eigenvalue weighted by molar-refractivity contribution is 6.00. The van der Waals surface area contributed by atoms with Crippen LogP contribution in [0.1, 0.15) is 77.6 Å². The van der Waals surface area contributed by atoms with Crippen molar-refractivity contribution in [2.24, 2.45) is 5.92 Å². The van der Waals surface area contributed by atoms with Crippen LogP contribution in [0.4, 0.5) is 0 Å². The first-order chi connectivity index (χ1) is 16.6. The Morgan fingerprint density at radius 2 is 1.71 bits per heavy atom. The smallest absolute Gasteiger partial charge is 0.343 e. The molecule has 0 radical (unpaired) electrons. The number of ether oxygens (including phenoxy) is 3. The molecule has 34 heavy (non-hydrogen) atoms. The van der Waals surface area contributed by atoms with E-state index in [2.05, 4.69) is 0 Å². The van der Waals surface area contributed by atoms with Gasteiger partial charge in [-0.15, -0.1) is 0 Å². The van der Waals surface area contributed by atoms with Crippen LogP contribution in [0.15, 0.2) is 39.5 Å². The van der Waals surface area contributed by atoms with E-state index in [1.54, 1.807) is 7.11 Å². The van der Waals surface area contributed by atoms with Crippen molar-refractivity contribution in [1.29, 1.82) is 0 Å². The Morgan fingerprint density at radius 1 is 1.00 bits per heavy atom. The largest absolute Gasteiger partial charge is 0.506 e. The third-order valence-corrected chi connectivity index (χ3v) is 6.74. The van der Waals surface area contributed by atoms with E-state index in [4.69, 9.17) is 18.6 Å². The van der Waals surface area contributed by atoms with Crippen molar-refractivity contribution in [1.82, 2.24) is 0 Å². The molecule has 0 bridgehead atoms. The second-order valence-electron chi connectivity index (χ2n) is 9.14. The zero-order chi connectivity index (χ0) is 23.9. The van der Waals surface area contributed by atoms with E-state index in [-0.39, 0.29) is 40.4 Å². The maximum atomic E-state index is 13.2. The summed E-state index contributed by atoms with van der Waals surface area (Å²) in [5.41, 5.74) is 0.850. The monoisotopic (exact) mass is 470 g/mol. The Hall–Kier alpha value is -2.48. The van der Waals surface area contributed by atoms with Gasteiger partial charge >= 0.3 is 5.63 Å². The Kier molecular flexibility index (Phi) is 8.53. The summed E-state index contributed by atoms with van der Waals surface area (Å²) in [6, 6.07) is 9.71. The van der Waals surface area contributed by atoms with E-state index in [0.717, 1.165) is 18.4 Å². The number of carbonyl (C=O) groups is 1. The molecular formula is C27H34O7. The van der Waals surface area contributed by atoms with Gasteiger partial charge in [0.05, 0.1) is 37.6 Å². The van der Waals surface area contributed by atoms with Crippen LogP contribution in [0, 0.1) is 5.92 Å². The number of aromatic hydroxyl groups is 1. The van der Waals surface area contributed by atoms with Crippen LogP contribution < -0.4 is 5.63 Å². The molecule has 7 heteroatoms. The molecule has 1 aromatic heterocycles. The SMILES string of the molecule is COCCOCCOCCC1CCCC(=O)c2c1oc(=O)c(C(c1ccccc1)C1CC1)c2O. The first-order valence-electron chi connectivity index (χ1n) is 12.2. The van der Waals surface area contributed by atoms with Crippen LogP contribution in [0.5, 0.6) is 5.75 Å². The van der Waals surface area contributed by atoms with Gasteiger partial charge in [0.25, 0.3) is 0 Å². The normalized spacial score (nSPS) is 19.0. The van der Waals surface area contributed by atoms with E-state index in [0.29, 0.717) is 64.5 Å². The molecule has 0 spiro atoms. The number of carbonyl (C=O) groups excluding carboxylic acids is 1. The summed E-state index contributed by atoms with van der Waals surface area (Å²) in [5, 5.41) is 11.3. The quantitative estimate of drug-likeness (QED) is 0.363. The Morgan fingerprint density at radius 3 is 2.41 bits per heavy atom. The maximum absolute atomic E-state index is 13.2. The lowest BCUT2D eigenvalue weighted by Crippen LogP contribution is -2.20. The lowest BCUT2D eigenvalue weighted by Gasteiger charge is -2.21. The Labute approximate surface area is 200 Å². The first-order valence-corrected chi connectivity index (χ1v) is 12.2. The van der Waals surface area contributed by atoms with Crippen molar-refractivity contribution < 1.29 is 28.5 Å². The number of rotatable bonds is 12. The minimum absolute atomic E-state index is 0.153. The van der Waals surface area contributed by atoms with Gasteiger partial charge in [-0.05, 0) is 43.6 Å². The molecule has 0 saturated heterocycles. The van der Waals surface area contributed by atoms with Gasteiger partial charge in [0.15, 0.2) is 5.78 Å². The molecule has 1 aromatic carbocycles. The number of Topliss-reactive ketones (excluding diaryl/α,β-unsaturated/α-hetero) is 1. The number of hydrogen-bond acceptors (Lipinski definition) is 7. The molecule has 1 heterocycles. The summed E-state index contributed by atoms with van der Waals surface area (Å²) in [6.45, 7) is 2.45. The minimum Gasteiger partial charge on any atom is -0.506 e. The molecule has 0 amide bonds. The molecule has 2 aliphatic carbocycles. The van der Waals surface area contributed by atoms with Crippen LogP contribution in [-0.2, 0) is 14.2 Å². The highest BCUT2D eigenvalue weighted by Gasteiger charge is 2.40. The molecule has 2 unspecified atom stereocenters. The Balaban J connectivity index is 1.54. The van der Waals surface area contributed by atoms with Crippen molar-refractivity contribution in [2.75, 3.05) is 40.1 Å². The number of methoxy groups -OCH3 is 1. The standard InChI is InChI=1S/C27H34O7/c1-31-14-15-33-17-16-32-13-12-20-8-5-9-21(28)23-25(29)24(27(30)34-26(20)23)22(19-10-11-19)18-6-3-2-4-7-18/h2-4,6-7,19-20,22,29H,5,8-17H2,1H3. The van der Waals surface area contributed by atoms with E-state index in [1.807, 2.05) is 30.3 Å². The number of benzene rings is 1. The third-order valence-electron chi connectivity index (χ3n) is 6.74. The fourth-order valence-corrected chi connectivity index (χ4v) is 4.88. The van der Waals surface area contributed by atoms with Gasteiger partial charge in [-0.2, -0.15) is 0 Å². The molecule has 1 N–H and O–H groups in total. The third kappa shape index (κ3) is 5.77. The molecule has 2 aliphatic rings. The molecule has 4 rings (SSSR count). The summed E-state index contributed by atoms with van der Waals surface area (Å²) >= 11 is 0. The van der Waals surface area contributed by atoms with Crippen molar-refractivity contribution >= 4 is 5.78 Å². The molecule has 1 fully saturated rings. The van der Waals surface area contributed by atoms with E-state index in [9.17, 15) is 14.7 Å². The molecule has 1 saturated carbocycles. The molecular weight excluding hydrogens is 436 g/mol. The maximum Gasteiger partial charge on any atom is 0.343 e. The van der Waals surface area contributed by atoms with Crippen molar-refractivity contribution in [2.45, 2.75) is 50.4 Å². The zero-order valence-corrected chi connectivity index (χ0v) is 19.8. The predicted octanol–water partition coefficient (Wildman–Crippen LogP) is 4.41. The van der Waals surface area contributed by atoms with Crippen LogP contribution in [0.25, 0.3) is 0 Å². The van der Waals surface area contributed by atoms with Crippen LogP contribution in [-0.4, -0.2) is 51.0 Å². The van der Waals surface area contributed by atoms with Crippen LogP contribution in [0.3, 0.4) is 0 Å². The second-order valence-corrected chi connectivity index (χ2v) is 9.14. The fourth-order valence-electron chi connectivity index (χ4n) is 4.88. The van der Waals surface area contributed by atoms with Gasteiger partial charge in [0, 0.05) is 32.0 Å². The molecule has 184 valence electrons. The molecule has 2 atom stereocenters. The average Bonchev–Trinajstić information content (AvgIpc) is 3.68. The van der Waals surface area contributed by atoms with Gasteiger partial charge in [-0.3, -0.25) is 4.79 Å². The lowest BCUT2D eigenvalue weighted by molar-refractivity contribution is 0.0228. The van der Waals surface area contributed by atoms with Gasteiger partial charge in [0.1, 0.15) is 11.5 Å². The summed E-state index contributed by atoms with van der Waals surface area (Å²) in [5.74, 6) is -0.175. The highest BCUT2D eigenvalue weighted by Crippen LogP contribution is 2.49. The van der Waals surface area contributed by atoms with Crippen molar-refractivity contribution in [3.8, 4) is 5.75 Å². The zero-order valence-electron chi connectivity index (χ0n) is 19.8. The number of ketones is 1. The van der Waals surface area contributed by atoms with Crippen LogP contribution in [0.2, 0.25) is 0 Å². The Bertz CT molecular complexity index is 1010. The predicted molar refractivity (Wildman–Crippen MR) is 127 cm³/mol. The highest BCUT2D eigenvalue weighted by atomic mass is 16.5. The molecule has 2 aromatic rings. The second kappa shape index (κ2) is 11.8. The van der Waals surface area contributed by atoms with E-state index in [1.165, 1.54) is 0 Å². The minimum atomic E-state index is -0.538. The van der Waals surface area contributed by atoms with Gasteiger partial charge in [-0.1, -0.05) is 30.3 Å². The van der Waals surface area contributed by atoms with Crippen LogP contribution >= 0.6 is 0 Å². The molecule has 0 aliphatic heterocycles. The summed E-state index contributed by atoms with van der Waals surface area (Å²) in [4.78, 5) is 26.2. The molecule has 7 nitrogen and oxygen atoms in total. The van der Waals surface area contributed by atoms with E-state index >= 15 is 0 Å². The van der Waals surface area contributed by atoms with Crippen molar-refractivity contribution in [3.05, 3.63) is 63.2 Å². The summed E-state index contributed by atoms with van der Waals surface area (Å²) in [6.07, 6.45) is 4.29. The summed E-state index contributed by atoms with van der Waals surface area (Å²) < 4.78 is 21.9. The summed E-state index contributed by atoms with van der Waals surface area (Å²) in [7, 11) is 1.63. The van der Waals surface area contributed by atoms with Gasteiger partial charge in [0.2, 0.25) is 0 Å². The number of fused-ring (bicyclic) bond motifs is 1. The van der Waals surface area contributed by atoms with E-state index < -0.39 is 5.63 Å². The first kappa shape index (κ1) is 24.6. The van der Waals surface area contributed by atoms with Gasteiger partial charge < -0.3 is 23.7 Å². The van der Waals surface area contributed by atoms with Gasteiger partial charge in [-0.25, -0.2) is 4.79 Å².